The van der Waals surface area contributed by atoms with Crippen molar-refractivity contribution < 1.29 is 4.74 Å². The lowest BCUT2D eigenvalue weighted by Gasteiger charge is -1.93. The second kappa shape index (κ2) is 7.40. The zero-order chi connectivity index (χ0) is 11.6. The molecule has 3 heteroatoms. The molecule has 0 aliphatic rings. The van der Waals surface area contributed by atoms with E-state index in [-0.39, 0.29) is 0 Å². The van der Waals surface area contributed by atoms with Crippen molar-refractivity contribution in [3.63, 3.8) is 0 Å². The Balaban J connectivity index is 0.000000160. The van der Waals surface area contributed by atoms with Gasteiger partial charge in [0, 0.05) is 24.8 Å². The number of hydrogen-bond donors (Lipinski definition) is 0. The summed E-state index contributed by atoms with van der Waals surface area (Å²) in [5.74, 6) is 0.847. The van der Waals surface area contributed by atoms with E-state index < -0.39 is 0 Å². The SMILES string of the molecule is CCc1ccncc1.COc1ccncc1. The summed E-state index contributed by atoms with van der Waals surface area (Å²) in [7, 11) is 1.63. The minimum absolute atomic E-state index is 0.847. The summed E-state index contributed by atoms with van der Waals surface area (Å²) in [6.07, 6.45) is 8.12. The van der Waals surface area contributed by atoms with E-state index in [2.05, 4.69) is 16.9 Å². The first-order valence-electron chi connectivity index (χ1n) is 5.19. The van der Waals surface area contributed by atoms with Gasteiger partial charge in [-0.05, 0) is 36.2 Å². The Labute approximate surface area is 96.1 Å². The van der Waals surface area contributed by atoms with Gasteiger partial charge in [-0.2, -0.15) is 0 Å². The number of aromatic nitrogens is 2. The molecular formula is C13H16N2O. The van der Waals surface area contributed by atoms with E-state index in [9.17, 15) is 0 Å². The minimum atomic E-state index is 0.847. The molecule has 0 amide bonds. The highest BCUT2D eigenvalue weighted by Crippen LogP contribution is 2.03. The molecule has 0 atom stereocenters. The molecule has 0 aliphatic heterocycles. The number of pyridine rings is 2. The van der Waals surface area contributed by atoms with Crippen LogP contribution in [-0.4, -0.2) is 17.1 Å². The topological polar surface area (TPSA) is 35.0 Å². The number of hydrogen-bond acceptors (Lipinski definition) is 3. The van der Waals surface area contributed by atoms with Crippen molar-refractivity contribution >= 4 is 0 Å². The molecule has 0 radical (unpaired) electrons. The van der Waals surface area contributed by atoms with Gasteiger partial charge in [0.2, 0.25) is 0 Å². The molecule has 16 heavy (non-hydrogen) atoms. The predicted octanol–water partition coefficient (Wildman–Crippen LogP) is 2.73. The van der Waals surface area contributed by atoms with Crippen molar-refractivity contribution in [2.24, 2.45) is 0 Å². The van der Waals surface area contributed by atoms with Gasteiger partial charge in [0.25, 0.3) is 0 Å². The van der Waals surface area contributed by atoms with Crippen LogP contribution in [0.1, 0.15) is 12.5 Å². The summed E-state index contributed by atoms with van der Waals surface area (Å²) in [6.45, 7) is 2.13. The summed E-state index contributed by atoms with van der Waals surface area (Å²) < 4.78 is 4.87. The lowest BCUT2D eigenvalue weighted by molar-refractivity contribution is 0.414. The van der Waals surface area contributed by atoms with Crippen LogP contribution in [-0.2, 0) is 6.42 Å². The third kappa shape index (κ3) is 4.55. The zero-order valence-corrected chi connectivity index (χ0v) is 9.63. The van der Waals surface area contributed by atoms with Crippen molar-refractivity contribution in [1.82, 2.24) is 9.97 Å². The number of nitrogens with zero attached hydrogens (tertiary/aromatic N) is 2. The summed E-state index contributed by atoms with van der Waals surface area (Å²) in [6, 6.07) is 7.67. The molecule has 0 spiro atoms. The third-order valence-corrected chi connectivity index (χ3v) is 2.04. The highest BCUT2D eigenvalue weighted by molar-refractivity contribution is 5.16. The molecule has 0 saturated heterocycles. The predicted molar refractivity (Wildman–Crippen MR) is 64.4 cm³/mol. The quantitative estimate of drug-likeness (QED) is 0.774. The molecule has 0 bridgehead atoms. The molecular weight excluding hydrogens is 200 g/mol. The Morgan fingerprint density at radius 1 is 0.938 bits per heavy atom. The highest BCUT2D eigenvalue weighted by atomic mass is 16.5. The number of methoxy groups -OCH3 is 1. The van der Waals surface area contributed by atoms with Crippen molar-refractivity contribution in [3.05, 3.63) is 54.6 Å². The Morgan fingerprint density at radius 3 is 1.75 bits per heavy atom. The first kappa shape index (κ1) is 12.2. The molecule has 2 aromatic heterocycles. The first-order chi connectivity index (χ1) is 7.86. The molecule has 2 heterocycles. The van der Waals surface area contributed by atoms with Crippen LogP contribution in [0, 0.1) is 0 Å². The normalized spacial score (nSPS) is 8.88. The molecule has 0 unspecified atom stereocenters. The lowest BCUT2D eigenvalue weighted by Crippen LogP contribution is -1.80. The van der Waals surface area contributed by atoms with Crippen molar-refractivity contribution in [3.8, 4) is 5.75 Å². The largest absolute Gasteiger partial charge is 0.497 e. The fourth-order valence-corrected chi connectivity index (χ4v) is 1.09. The van der Waals surface area contributed by atoms with Crippen LogP contribution < -0.4 is 4.74 Å². The Bertz CT molecular complexity index is 336. The van der Waals surface area contributed by atoms with Gasteiger partial charge in [-0.1, -0.05) is 6.92 Å². The van der Waals surface area contributed by atoms with E-state index >= 15 is 0 Å². The van der Waals surface area contributed by atoms with Gasteiger partial charge in [-0.25, -0.2) is 0 Å². The van der Waals surface area contributed by atoms with Crippen LogP contribution in [0.3, 0.4) is 0 Å². The average molecular weight is 216 g/mol. The third-order valence-electron chi connectivity index (χ3n) is 2.04. The van der Waals surface area contributed by atoms with Crippen molar-refractivity contribution in [2.75, 3.05) is 7.11 Å². The maximum Gasteiger partial charge on any atom is 0.121 e. The average Bonchev–Trinajstić information content (AvgIpc) is 2.41. The Kier molecular flexibility index (Phi) is 5.63. The van der Waals surface area contributed by atoms with E-state index in [0.29, 0.717) is 0 Å². The van der Waals surface area contributed by atoms with Crippen LogP contribution in [0.25, 0.3) is 0 Å². The molecule has 0 aliphatic carbocycles. The molecule has 2 aromatic rings. The molecule has 0 fully saturated rings. The molecule has 2 rings (SSSR count). The summed E-state index contributed by atoms with van der Waals surface area (Å²) in [5.41, 5.74) is 1.35. The number of rotatable bonds is 2. The van der Waals surface area contributed by atoms with E-state index in [1.165, 1.54) is 5.56 Å². The molecule has 0 aromatic carbocycles. The fourth-order valence-electron chi connectivity index (χ4n) is 1.09. The van der Waals surface area contributed by atoms with Crippen molar-refractivity contribution in [2.45, 2.75) is 13.3 Å². The van der Waals surface area contributed by atoms with E-state index in [0.717, 1.165) is 12.2 Å². The smallest absolute Gasteiger partial charge is 0.121 e. The molecule has 84 valence electrons. The molecule has 0 N–H and O–H groups in total. The number of ether oxygens (including phenoxy) is 1. The van der Waals surface area contributed by atoms with Crippen LogP contribution in [0.5, 0.6) is 5.75 Å². The van der Waals surface area contributed by atoms with E-state index in [4.69, 9.17) is 4.74 Å². The minimum Gasteiger partial charge on any atom is -0.497 e. The van der Waals surface area contributed by atoms with E-state index in [1.54, 1.807) is 31.6 Å². The van der Waals surface area contributed by atoms with Crippen LogP contribution in [0.2, 0.25) is 0 Å². The van der Waals surface area contributed by atoms with Crippen molar-refractivity contribution in [1.29, 1.82) is 0 Å². The summed E-state index contributed by atoms with van der Waals surface area (Å²) in [4.78, 5) is 7.71. The van der Waals surface area contributed by atoms with Crippen LogP contribution in [0.15, 0.2) is 49.1 Å². The standard InChI is InChI=1S/C7H9N.C6H7NO/c1-2-7-3-5-8-6-4-7;1-8-6-2-4-7-5-3-6/h3-6H,2H2,1H3;2-5H,1H3. The van der Waals surface area contributed by atoms with Gasteiger partial charge < -0.3 is 4.74 Å². The highest BCUT2D eigenvalue weighted by Gasteiger charge is 1.81. The molecule has 0 saturated carbocycles. The maximum atomic E-state index is 4.87. The van der Waals surface area contributed by atoms with E-state index in [1.807, 2.05) is 24.5 Å². The lowest BCUT2D eigenvalue weighted by atomic mass is 10.2. The monoisotopic (exact) mass is 216 g/mol. The fraction of sp³-hybridized carbons (Fsp3) is 0.231. The van der Waals surface area contributed by atoms with Gasteiger partial charge in [0.15, 0.2) is 0 Å². The molecule has 3 nitrogen and oxygen atoms in total. The van der Waals surface area contributed by atoms with Gasteiger partial charge in [0.1, 0.15) is 5.75 Å². The van der Waals surface area contributed by atoms with Crippen LogP contribution >= 0.6 is 0 Å². The van der Waals surface area contributed by atoms with Gasteiger partial charge in [-0.15, -0.1) is 0 Å². The van der Waals surface area contributed by atoms with Gasteiger partial charge in [0.05, 0.1) is 7.11 Å². The summed E-state index contributed by atoms with van der Waals surface area (Å²) in [5, 5.41) is 0. The number of aryl methyl sites for hydroxylation is 1. The Hall–Kier alpha value is -1.90. The van der Waals surface area contributed by atoms with Crippen LogP contribution in [0.4, 0.5) is 0 Å². The Morgan fingerprint density at radius 2 is 1.44 bits per heavy atom. The maximum absolute atomic E-state index is 4.87. The second-order valence-corrected chi connectivity index (χ2v) is 3.10. The zero-order valence-electron chi connectivity index (χ0n) is 9.63. The van der Waals surface area contributed by atoms with Gasteiger partial charge in [-0.3, -0.25) is 9.97 Å². The van der Waals surface area contributed by atoms with Gasteiger partial charge >= 0.3 is 0 Å². The summed E-state index contributed by atoms with van der Waals surface area (Å²) >= 11 is 0. The first-order valence-corrected chi connectivity index (χ1v) is 5.19. The second-order valence-electron chi connectivity index (χ2n) is 3.10.